The fourth-order valence-corrected chi connectivity index (χ4v) is 2.53. The van der Waals surface area contributed by atoms with E-state index in [2.05, 4.69) is 15.9 Å². The minimum absolute atomic E-state index is 0.118. The number of hydrogen-bond donors (Lipinski definition) is 1. The highest BCUT2D eigenvalue weighted by Crippen LogP contribution is 2.30. The first-order valence-electron chi connectivity index (χ1n) is 6.16. The molecule has 0 saturated carbocycles. The van der Waals surface area contributed by atoms with Crippen LogP contribution in [0.4, 0.5) is 4.39 Å². The lowest BCUT2D eigenvalue weighted by molar-refractivity contribution is 0.297. The van der Waals surface area contributed by atoms with Gasteiger partial charge in [0.25, 0.3) is 0 Å². The molecule has 0 amide bonds. The molecule has 0 saturated heterocycles. The van der Waals surface area contributed by atoms with Crippen LogP contribution in [-0.2, 0) is 13.0 Å². The average Bonchev–Trinajstić information content (AvgIpc) is 2.42. The van der Waals surface area contributed by atoms with Crippen molar-refractivity contribution < 1.29 is 9.13 Å². The molecule has 0 heterocycles. The Morgan fingerprint density at radius 3 is 2.75 bits per heavy atom. The van der Waals surface area contributed by atoms with Crippen molar-refractivity contribution in [2.45, 2.75) is 13.0 Å². The summed E-state index contributed by atoms with van der Waals surface area (Å²) in [7, 11) is 0. The van der Waals surface area contributed by atoms with E-state index < -0.39 is 0 Å². The first-order valence-corrected chi connectivity index (χ1v) is 7.33. The third-order valence-corrected chi connectivity index (χ3v) is 3.63. The monoisotopic (exact) mass is 357 g/mol. The van der Waals surface area contributed by atoms with E-state index in [9.17, 15) is 4.39 Å². The van der Waals surface area contributed by atoms with Crippen molar-refractivity contribution in [3.05, 3.63) is 62.8 Å². The minimum atomic E-state index is -0.305. The minimum Gasteiger partial charge on any atom is -0.487 e. The van der Waals surface area contributed by atoms with Crippen LogP contribution in [0.2, 0.25) is 5.02 Å². The summed E-state index contributed by atoms with van der Waals surface area (Å²) in [5, 5.41) is 0.506. The zero-order valence-electron chi connectivity index (χ0n) is 10.7. The van der Waals surface area contributed by atoms with Crippen molar-refractivity contribution in [3.63, 3.8) is 0 Å². The van der Waals surface area contributed by atoms with Crippen LogP contribution in [0.15, 0.2) is 40.9 Å². The van der Waals surface area contributed by atoms with Crippen LogP contribution in [0.5, 0.6) is 5.75 Å². The van der Waals surface area contributed by atoms with Crippen molar-refractivity contribution >= 4 is 27.5 Å². The summed E-state index contributed by atoms with van der Waals surface area (Å²) in [5.74, 6) is 0.264. The normalized spacial score (nSPS) is 10.6. The average molecular weight is 359 g/mol. The van der Waals surface area contributed by atoms with Gasteiger partial charge in [-0.3, -0.25) is 0 Å². The van der Waals surface area contributed by atoms with E-state index in [1.165, 1.54) is 6.07 Å². The van der Waals surface area contributed by atoms with E-state index in [0.717, 1.165) is 10.0 Å². The van der Waals surface area contributed by atoms with Crippen LogP contribution in [0.3, 0.4) is 0 Å². The van der Waals surface area contributed by atoms with Gasteiger partial charge >= 0.3 is 0 Å². The highest BCUT2D eigenvalue weighted by Gasteiger charge is 2.10. The van der Waals surface area contributed by atoms with Gasteiger partial charge in [0.05, 0.1) is 5.02 Å². The summed E-state index contributed by atoms with van der Waals surface area (Å²) in [4.78, 5) is 0. The quantitative estimate of drug-likeness (QED) is 0.864. The molecular formula is C15H14BrClFNO. The molecule has 2 rings (SSSR count). The van der Waals surface area contributed by atoms with Gasteiger partial charge in [0.15, 0.2) is 0 Å². The Morgan fingerprint density at radius 1 is 1.20 bits per heavy atom. The molecule has 20 heavy (non-hydrogen) atoms. The second-order valence-electron chi connectivity index (χ2n) is 4.29. The largest absolute Gasteiger partial charge is 0.487 e. The third kappa shape index (κ3) is 3.72. The van der Waals surface area contributed by atoms with Crippen LogP contribution < -0.4 is 10.5 Å². The summed E-state index contributed by atoms with van der Waals surface area (Å²) >= 11 is 9.45. The molecule has 0 aliphatic heterocycles. The summed E-state index contributed by atoms with van der Waals surface area (Å²) in [5.41, 5.74) is 6.96. The molecular weight excluding hydrogens is 345 g/mol. The first-order chi connectivity index (χ1) is 9.61. The molecule has 0 atom stereocenters. The van der Waals surface area contributed by atoms with Crippen molar-refractivity contribution in [3.8, 4) is 5.75 Å². The van der Waals surface area contributed by atoms with Gasteiger partial charge < -0.3 is 10.5 Å². The molecule has 0 aliphatic carbocycles. The number of hydrogen-bond acceptors (Lipinski definition) is 2. The van der Waals surface area contributed by atoms with E-state index in [-0.39, 0.29) is 12.4 Å². The van der Waals surface area contributed by atoms with Crippen molar-refractivity contribution in [1.82, 2.24) is 0 Å². The zero-order chi connectivity index (χ0) is 14.5. The first kappa shape index (κ1) is 15.3. The lowest BCUT2D eigenvalue weighted by atomic mass is 10.1. The lowest BCUT2D eigenvalue weighted by Gasteiger charge is -2.13. The molecule has 5 heteroatoms. The van der Waals surface area contributed by atoms with Gasteiger partial charge in [0.2, 0.25) is 0 Å². The highest BCUT2D eigenvalue weighted by atomic mass is 79.9. The maximum Gasteiger partial charge on any atom is 0.141 e. The second kappa shape index (κ2) is 7.07. The molecule has 0 aliphatic rings. The van der Waals surface area contributed by atoms with E-state index in [1.807, 2.05) is 12.1 Å². The Kier molecular flexibility index (Phi) is 5.40. The predicted octanol–water partition coefficient (Wildman–Crippen LogP) is 4.32. The topological polar surface area (TPSA) is 35.2 Å². The molecule has 0 spiro atoms. The maximum absolute atomic E-state index is 13.7. The van der Waals surface area contributed by atoms with Gasteiger partial charge in [-0.1, -0.05) is 39.7 Å². The maximum atomic E-state index is 13.7. The van der Waals surface area contributed by atoms with Gasteiger partial charge in [-0.2, -0.15) is 0 Å². The third-order valence-electron chi connectivity index (χ3n) is 2.84. The number of halogens is 3. The Bertz CT molecular complexity index is 606. The number of rotatable bonds is 5. The lowest BCUT2D eigenvalue weighted by Crippen LogP contribution is -2.06. The Balaban J connectivity index is 2.20. The van der Waals surface area contributed by atoms with Crippen LogP contribution in [0, 0.1) is 5.82 Å². The number of ether oxygens (including phenoxy) is 1. The van der Waals surface area contributed by atoms with Crippen molar-refractivity contribution in [2.24, 2.45) is 5.73 Å². The van der Waals surface area contributed by atoms with Crippen LogP contribution in [0.25, 0.3) is 0 Å². The van der Waals surface area contributed by atoms with Gasteiger partial charge in [0.1, 0.15) is 18.2 Å². The van der Waals surface area contributed by atoms with Gasteiger partial charge in [-0.25, -0.2) is 4.39 Å². The summed E-state index contributed by atoms with van der Waals surface area (Å²) in [6.07, 6.45) is 0.664. The smallest absolute Gasteiger partial charge is 0.141 e. The molecule has 0 unspecified atom stereocenters. The summed E-state index contributed by atoms with van der Waals surface area (Å²) in [6, 6.07) is 10.2. The Hall–Kier alpha value is -1.10. The van der Waals surface area contributed by atoms with E-state index >= 15 is 0 Å². The van der Waals surface area contributed by atoms with Gasteiger partial charge in [-0.15, -0.1) is 0 Å². The van der Waals surface area contributed by atoms with E-state index in [1.54, 1.807) is 18.2 Å². The van der Waals surface area contributed by atoms with Crippen LogP contribution in [-0.4, -0.2) is 6.54 Å². The molecule has 106 valence electrons. The molecule has 0 bridgehead atoms. The molecule has 0 fully saturated rings. The molecule has 2 aromatic carbocycles. The predicted molar refractivity (Wildman–Crippen MR) is 82.6 cm³/mol. The van der Waals surface area contributed by atoms with Gasteiger partial charge in [-0.05, 0) is 42.8 Å². The fraction of sp³-hybridized carbons (Fsp3) is 0.200. The van der Waals surface area contributed by atoms with Crippen molar-refractivity contribution in [1.29, 1.82) is 0 Å². The molecule has 2 nitrogen and oxygen atoms in total. The second-order valence-corrected chi connectivity index (χ2v) is 5.61. The molecule has 0 aromatic heterocycles. The van der Waals surface area contributed by atoms with E-state index in [0.29, 0.717) is 29.3 Å². The zero-order valence-corrected chi connectivity index (χ0v) is 13.0. The van der Waals surface area contributed by atoms with Crippen molar-refractivity contribution in [2.75, 3.05) is 6.54 Å². The van der Waals surface area contributed by atoms with E-state index in [4.69, 9.17) is 22.1 Å². The number of nitrogens with two attached hydrogens (primary N) is 1. The molecule has 2 aromatic rings. The SMILES string of the molecule is NCCc1cccc(Cl)c1OCc1cc(Br)ccc1F. The molecule has 0 radical (unpaired) electrons. The number of para-hydroxylation sites is 1. The van der Waals surface area contributed by atoms with Crippen LogP contribution in [0.1, 0.15) is 11.1 Å². The summed E-state index contributed by atoms with van der Waals surface area (Å²) < 4.78 is 20.2. The fourth-order valence-electron chi connectivity index (χ4n) is 1.87. The molecule has 2 N–H and O–H groups in total. The standard InChI is InChI=1S/C15H14BrClFNO/c16-12-4-5-14(18)11(8-12)9-20-15-10(6-7-19)2-1-3-13(15)17/h1-5,8H,6-7,9,19H2. The van der Waals surface area contributed by atoms with Gasteiger partial charge in [0, 0.05) is 10.0 Å². The Morgan fingerprint density at radius 2 is 2.00 bits per heavy atom. The summed E-state index contributed by atoms with van der Waals surface area (Å²) in [6.45, 7) is 0.620. The Labute approximate surface area is 130 Å². The number of benzene rings is 2. The van der Waals surface area contributed by atoms with Crippen LogP contribution >= 0.6 is 27.5 Å². The highest BCUT2D eigenvalue weighted by molar-refractivity contribution is 9.10.